The van der Waals surface area contributed by atoms with Gasteiger partial charge in [-0.2, -0.15) is 5.10 Å². The van der Waals surface area contributed by atoms with Crippen molar-refractivity contribution in [2.24, 2.45) is 12.8 Å². The molecule has 2 heterocycles. The maximum atomic E-state index is 11.8. The van der Waals surface area contributed by atoms with E-state index in [0.29, 0.717) is 0 Å². The Bertz CT molecular complexity index is 1160. The Morgan fingerprint density at radius 3 is 2.75 bits per heavy atom. The molecule has 4 rings (SSSR count). The van der Waals surface area contributed by atoms with Crippen LogP contribution in [0.1, 0.15) is 12.0 Å². The summed E-state index contributed by atoms with van der Waals surface area (Å²) >= 11 is 5.92. The molecule has 1 atom stereocenters. The minimum Gasteiger partial charge on any atom is -0.327 e. The number of nitrogens with zero attached hydrogens (tertiary/aromatic N) is 3. The molecule has 144 valence electrons. The van der Waals surface area contributed by atoms with Crippen LogP contribution in [0, 0.1) is 0 Å². The smallest absolute Gasteiger partial charge is 0.326 e. The molecule has 1 unspecified atom stereocenters. The third-order valence-corrected chi connectivity index (χ3v) is 5.26. The van der Waals surface area contributed by atoms with Crippen LogP contribution in [-0.2, 0) is 20.0 Å². The van der Waals surface area contributed by atoms with Crippen molar-refractivity contribution >= 4 is 22.6 Å². The second-order valence-electron chi connectivity index (χ2n) is 7.09. The van der Waals surface area contributed by atoms with E-state index < -0.39 is 0 Å². The lowest BCUT2D eigenvalue weighted by molar-refractivity contribution is 0.507. The number of hydrogen-bond donors (Lipinski definition) is 2. The van der Waals surface area contributed by atoms with Crippen LogP contribution in [0.3, 0.4) is 0 Å². The number of aryl methyl sites for hydroxylation is 2. The standard InChI is InChI=1S/C21H22ClN5O/c1-26-20-11-15(4-7-19(20)25-21(26)28)16-12-24-27(13-16)9-8-18(23)10-14-2-5-17(22)6-3-14/h2-7,11-13,18H,8-10,23H2,1H3,(H,25,28). The molecule has 2 aromatic carbocycles. The summed E-state index contributed by atoms with van der Waals surface area (Å²) in [4.78, 5) is 14.6. The normalized spacial score (nSPS) is 12.5. The number of aromatic nitrogens is 4. The second kappa shape index (κ2) is 7.66. The van der Waals surface area contributed by atoms with Gasteiger partial charge in [-0.1, -0.05) is 29.8 Å². The minimum absolute atomic E-state index is 0.0551. The molecule has 0 amide bonds. The molecule has 0 saturated heterocycles. The first-order chi connectivity index (χ1) is 13.5. The van der Waals surface area contributed by atoms with E-state index >= 15 is 0 Å². The third kappa shape index (κ3) is 3.88. The molecule has 0 radical (unpaired) electrons. The Balaban J connectivity index is 1.42. The van der Waals surface area contributed by atoms with E-state index in [1.165, 1.54) is 5.56 Å². The average molecular weight is 396 g/mol. The van der Waals surface area contributed by atoms with Gasteiger partial charge in [0.25, 0.3) is 0 Å². The first-order valence-corrected chi connectivity index (χ1v) is 9.59. The van der Waals surface area contributed by atoms with E-state index in [2.05, 4.69) is 10.1 Å². The van der Waals surface area contributed by atoms with Crippen molar-refractivity contribution in [2.45, 2.75) is 25.4 Å². The third-order valence-electron chi connectivity index (χ3n) is 5.01. The number of fused-ring (bicyclic) bond motifs is 1. The number of nitrogens with one attached hydrogen (secondary N) is 1. The SMILES string of the molecule is Cn1c(=O)[nH]c2ccc(-c3cnn(CCC(N)Cc4ccc(Cl)cc4)c3)cc21. The van der Waals surface area contributed by atoms with Gasteiger partial charge < -0.3 is 10.7 Å². The fourth-order valence-corrected chi connectivity index (χ4v) is 3.49. The fourth-order valence-electron chi connectivity index (χ4n) is 3.36. The van der Waals surface area contributed by atoms with Crippen molar-refractivity contribution in [1.82, 2.24) is 19.3 Å². The summed E-state index contributed by atoms with van der Waals surface area (Å²) in [6.45, 7) is 0.750. The highest BCUT2D eigenvalue weighted by atomic mass is 35.5. The van der Waals surface area contributed by atoms with Crippen LogP contribution < -0.4 is 11.4 Å². The van der Waals surface area contributed by atoms with E-state index in [-0.39, 0.29) is 11.7 Å². The summed E-state index contributed by atoms with van der Waals surface area (Å²) in [5, 5.41) is 5.19. The molecule has 7 heteroatoms. The first-order valence-electron chi connectivity index (χ1n) is 9.21. The molecule has 4 aromatic rings. The summed E-state index contributed by atoms with van der Waals surface area (Å²) in [6, 6.07) is 13.8. The molecule has 0 fully saturated rings. The largest absolute Gasteiger partial charge is 0.327 e. The Morgan fingerprint density at radius 2 is 1.96 bits per heavy atom. The lowest BCUT2D eigenvalue weighted by Crippen LogP contribution is -2.24. The fraction of sp³-hybridized carbons (Fsp3) is 0.238. The lowest BCUT2D eigenvalue weighted by atomic mass is 10.0. The molecular weight excluding hydrogens is 374 g/mol. The van der Waals surface area contributed by atoms with Crippen molar-refractivity contribution in [3.63, 3.8) is 0 Å². The summed E-state index contributed by atoms with van der Waals surface area (Å²) in [7, 11) is 1.76. The number of nitrogens with two attached hydrogens (primary N) is 1. The Kier molecular flexibility index (Phi) is 5.07. The van der Waals surface area contributed by atoms with Crippen LogP contribution in [-0.4, -0.2) is 25.4 Å². The molecule has 0 bridgehead atoms. The zero-order chi connectivity index (χ0) is 19.7. The van der Waals surface area contributed by atoms with E-state index in [1.54, 1.807) is 11.6 Å². The summed E-state index contributed by atoms with van der Waals surface area (Å²) < 4.78 is 3.52. The van der Waals surface area contributed by atoms with Gasteiger partial charge in [0.15, 0.2) is 0 Å². The van der Waals surface area contributed by atoms with Crippen molar-refractivity contribution in [3.8, 4) is 11.1 Å². The number of halogens is 1. The van der Waals surface area contributed by atoms with Gasteiger partial charge in [-0.05, 0) is 48.2 Å². The van der Waals surface area contributed by atoms with Crippen LogP contribution in [0.15, 0.2) is 59.7 Å². The van der Waals surface area contributed by atoms with Gasteiger partial charge in [-0.25, -0.2) is 4.79 Å². The van der Waals surface area contributed by atoms with Crippen molar-refractivity contribution in [1.29, 1.82) is 0 Å². The van der Waals surface area contributed by atoms with Crippen molar-refractivity contribution < 1.29 is 0 Å². The van der Waals surface area contributed by atoms with Gasteiger partial charge in [0, 0.05) is 36.4 Å². The van der Waals surface area contributed by atoms with Crippen LogP contribution in [0.2, 0.25) is 5.02 Å². The highest BCUT2D eigenvalue weighted by Gasteiger charge is 2.09. The Labute approximate surface area is 167 Å². The topological polar surface area (TPSA) is 81.6 Å². The number of rotatable bonds is 6. The summed E-state index contributed by atoms with van der Waals surface area (Å²) in [6.07, 6.45) is 5.50. The quantitative estimate of drug-likeness (QED) is 0.525. The average Bonchev–Trinajstić information content (AvgIpc) is 3.27. The summed E-state index contributed by atoms with van der Waals surface area (Å²) in [5.74, 6) is 0. The van der Waals surface area contributed by atoms with Gasteiger partial charge in [0.05, 0.1) is 17.2 Å². The predicted molar refractivity (Wildman–Crippen MR) is 113 cm³/mol. The maximum Gasteiger partial charge on any atom is 0.326 e. The molecule has 0 spiro atoms. The van der Waals surface area contributed by atoms with Gasteiger partial charge in [-0.3, -0.25) is 9.25 Å². The molecule has 3 N–H and O–H groups in total. The zero-order valence-electron chi connectivity index (χ0n) is 15.6. The van der Waals surface area contributed by atoms with E-state index in [4.69, 9.17) is 17.3 Å². The molecule has 0 aliphatic carbocycles. The first kappa shape index (κ1) is 18.5. The van der Waals surface area contributed by atoms with Crippen LogP contribution in [0.25, 0.3) is 22.2 Å². The number of aromatic amines is 1. The predicted octanol–water partition coefficient (Wildman–Crippen LogP) is 3.34. The van der Waals surface area contributed by atoms with Crippen molar-refractivity contribution in [2.75, 3.05) is 0 Å². The van der Waals surface area contributed by atoms with Gasteiger partial charge in [0.2, 0.25) is 0 Å². The molecule has 28 heavy (non-hydrogen) atoms. The van der Waals surface area contributed by atoms with Crippen LogP contribution >= 0.6 is 11.6 Å². The number of imidazole rings is 1. The number of hydrogen-bond acceptors (Lipinski definition) is 3. The minimum atomic E-state index is -0.113. The molecular formula is C21H22ClN5O. The molecule has 0 saturated carbocycles. The van der Waals surface area contributed by atoms with Crippen molar-refractivity contribution in [3.05, 3.63) is 75.9 Å². The van der Waals surface area contributed by atoms with E-state index in [9.17, 15) is 4.79 Å². The van der Waals surface area contributed by atoms with Gasteiger partial charge in [0.1, 0.15) is 0 Å². The van der Waals surface area contributed by atoms with E-state index in [1.807, 2.05) is 59.5 Å². The van der Waals surface area contributed by atoms with Gasteiger partial charge in [-0.15, -0.1) is 0 Å². The molecule has 0 aliphatic rings. The second-order valence-corrected chi connectivity index (χ2v) is 7.53. The number of H-pyrrole nitrogens is 1. The van der Waals surface area contributed by atoms with Gasteiger partial charge >= 0.3 is 5.69 Å². The maximum absolute atomic E-state index is 11.8. The van der Waals surface area contributed by atoms with E-state index in [0.717, 1.165) is 46.6 Å². The monoisotopic (exact) mass is 395 g/mol. The van der Waals surface area contributed by atoms with Crippen LogP contribution in [0.5, 0.6) is 0 Å². The molecule has 6 nitrogen and oxygen atoms in total. The Morgan fingerprint density at radius 1 is 1.18 bits per heavy atom. The zero-order valence-corrected chi connectivity index (χ0v) is 16.4. The summed E-state index contributed by atoms with van der Waals surface area (Å²) in [5.41, 5.74) is 11.1. The highest BCUT2D eigenvalue weighted by molar-refractivity contribution is 6.30. The molecule has 2 aromatic heterocycles. The number of benzene rings is 2. The Hall–Kier alpha value is -2.83. The molecule has 0 aliphatic heterocycles. The highest BCUT2D eigenvalue weighted by Crippen LogP contribution is 2.22. The lowest BCUT2D eigenvalue weighted by Gasteiger charge is -2.11. The van der Waals surface area contributed by atoms with Crippen LogP contribution in [0.4, 0.5) is 0 Å².